The summed E-state index contributed by atoms with van der Waals surface area (Å²) in [6.45, 7) is 7.05. The van der Waals surface area contributed by atoms with Crippen molar-refractivity contribution in [2.75, 3.05) is 10.6 Å². The van der Waals surface area contributed by atoms with Crippen LogP contribution in [0.4, 0.5) is 11.4 Å². The van der Waals surface area contributed by atoms with E-state index < -0.39 is 0 Å². The fraction of sp³-hybridized carbons (Fsp3) is 0.167. The number of thiocarbonyl (C=S) groups is 1. The summed E-state index contributed by atoms with van der Waals surface area (Å²) >= 11 is 5.11. The first-order chi connectivity index (χ1) is 7.50. The largest absolute Gasteiger partial charge is 0.345 e. The van der Waals surface area contributed by atoms with Gasteiger partial charge in [-0.2, -0.15) is 0 Å². The molecule has 1 amide bonds. The number of amides is 1. The minimum Gasteiger partial charge on any atom is -0.345 e. The Morgan fingerprint density at radius 3 is 2.12 bits per heavy atom. The molecule has 0 atom stereocenters. The lowest BCUT2D eigenvalue weighted by molar-refractivity contribution is -0.114. The van der Waals surface area contributed by atoms with Gasteiger partial charge in [0.2, 0.25) is 5.91 Å². The molecule has 0 fully saturated rings. The molecular weight excluding hydrogens is 220 g/mol. The fourth-order valence-corrected chi connectivity index (χ4v) is 1.23. The van der Waals surface area contributed by atoms with Crippen LogP contribution in [-0.4, -0.2) is 10.9 Å². The Balaban J connectivity index is 2.90. The summed E-state index contributed by atoms with van der Waals surface area (Å²) in [6, 6.07) is 7.38. The lowest BCUT2D eigenvalue weighted by Gasteiger charge is -2.12. The molecule has 0 saturated carbocycles. The molecule has 0 aliphatic carbocycles. The normalized spacial score (nSPS) is 9.38. The van der Waals surface area contributed by atoms with Crippen LogP contribution in [0.2, 0.25) is 0 Å². The van der Waals surface area contributed by atoms with Crippen LogP contribution in [0, 0.1) is 0 Å². The highest BCUT2D eigenvalue weighted by Crippen LogP contribution is 2.21. The standard InChI is InChI=1S/C12H14N2OS/c1-8(2)12(16)14-11-7-5-4-6-10(11)13-9(3)15/h4-7H,1H2,2-3H3,(H,13,15)(H,14,16). The third-order valence-corrected chi connectivity index (χ3v) is 2.32. The van der Waals surface area contributed by atoms with E-state index in [1.165, 1.54) is 6.92 Å². The van der Waals surface area contributed by atoms with Gasteiger partial charge >= 0.3 is 0 Å². The maximum absolute atomic E-state index is 11.0. The van der Waals surface area contributed by atoms with E-state index in [0.717, 1.165) is 11.3 Å². The minimum absolute atomic E-state index is 0.115. The van der Waals surface area contributed by atoms with Crippen LogP contribution in [0.15, 0.2) is 36.4 Å². The molecular formula is C12H14N2OS. The van der Waals surface area contributed by atoms with Crippen LogP contribution in [0.5, 0.6) is 0 Å². The Morgan fingerprint density at radius 1 is 1.19 bits per heavy atom. The second-order valence-corrected chi connectivity index (χ2v) is 3.87. The third kappa shape index (κ3) is 3.47. The van der Waals surface area contributed by atoms with Crippen LogP contribution < -0.4 is 10.6 Å². The van der Waals surface area contributed by atoms with Gasteiger partial charge in [0.15, 0.2) is 0 Å². The fourth-order valence-electron chi connectivity index (χ4n) is 1.12. The monoisotopic (exact) mass is 234 g/mol. The average Bonchev–Trinajstić information content (AvgIpc) is 2.20. The lowest BCUT2D eigenvalue weighted by atomic mass is 10.2. The van der Waals surface area contributed by atoms with Crippen molar-refractivity contribution in [2.24, 2.45) is 0 Å². The summed E-state index contributed by atoms with van der Waals surface area (Å²) < 4.78 is 0. The van der Waals surface area contributed by atoms with Gasteiger partial charge in [-0.15, -0.1) is 0 Å². The third-order valence-electron chi connectivity index (χ3n) is 1.87. The molecule has 1 rings (SSSR count). The van der Waals surface area contributed by atoms with Crippen molar-refractivity contribution < 1.29 is 4.79 Å². The van der Waals surface area contributed by atoms with Crippen LogP contribution in [0.1, 0.15) is 13.8 Å². The van der Waals surface area contributed by atoms with Crippen molar-refractivity contribution in [3.8, 4) is 0 Å². The molecule has 84 valence electrons. The van der Waals surface area contributed by atoms with E-state index in [0.29, 0.717) is 10.7 Å². The summed E-state index contributed by atoms with van der Waals surface area (Å²) in [5.41, 5.74) is 2.26. The summed E-state index contributed by atoms with van der Waals surface area (Å²) in [5, 5.41) is 5.76. The van der Waals surface area contributed by atoms with Crippen molar-refractivity contribution in [1.82, 2.24) is 0 Å². The molecule has 0 radical (unpaired) electrons. The first-order valence-corrected chi connectivity index (χ1v) is 5.25. The lowest BCUT2D eigenvalue weighted by Crippen LogP contribution is -2.13. The Hall–Kier alpha value is -1.68. The molecule has 0 heterocycles. The maximum atomic E-state index is 11.0. The van der Waals surface area contributed by atoms with Gasteiger partial charge in [-0.05, 0) is 24.6 Å². The van der Waals surface area contributed by atoms with Gasteiger partial charge in [0.25, 0.3) is 0 Å². The number of rotatable bonds is 3. The van der Waals surface area contributed by atoms with E-state index >= 15 is 0 Å². The highest BCUT2D eigenvalue weighted by molar-refractivity contribution is 7.81. The summed E-state index contributed by atoms with van der Waals surface area (Å²) in [6.07, 6.45) is 0. The van der Waals surface area contributed by atoms with Crippen molar-refractivity contribution in [2.45, 2.75) is 13.8 Å². The zero-order valence-corrected chi connectivity index (χ0v) is 10.1. The molecule has 0 spiro atoms. The molecule has 0 saturated heterocycles. The first kappa shape index (κ1) is 12.4. The number of nitrogens with one attached hydrogen (secondary N) is 2. The SMILES string of the molecule is C=C(C)C(=S)Nc1ccccc1NC(C)=O. The molecule has 0 aliphatic heterocycles. The molecule has 0 aromatic heterocycles. The number of hydrogen-bond acceptors (Lipinski definition) is 2. The predicted octanol–water partition coefficient (Wildman–Crippen LogP) is 2.96. The zero-order chi connectivity index (χ0) is 12.1. The van der Waals surface area contributed by atoms with Gasteiger partial charge in [0.05, 0.1) is 11.4 Å². The summed E-state index contributed by atoms with van der Waals surface area (Å²) in [7, 11) is 0. The quantitative estimate of drug-likeness (QED) is 0.624. The van der Waals surface area contributed by atoms with Gasteiger partial charge in [-0.1, -0.05) is 30.9 Å². The van der Waals surface area contributed by atoms with E-state index in [4.69, 9.17) is 12.2 Å². The number of hydrogen-bond donors (Lipinski definition) is 2. The van der Waals surface area contributed by atoms with Gasteiger partial charge in [0.1, 0.15) is 4.99 Å². The number of carbonyl (C=O) groups excluding carboxylic acids is 1. The van der Waals surface area contributed by atoms with Crippen molar-refractivity contribution >= 4 is 34.5 Å². The second-order valence-electron chi connectivity index (χ2n) is 3.46. The molecule has 0 unspecified atom stereocenters. The topological polar surface area (TPSA) is 41.1 Å². The van der Waals surface area contributed by atoms with E-state index in [1.807, 2.05) is 31.2 Å². The van der Waals surface area contributed by atoms with Crippen molar-refractivity contribution in [3.05, 3.63) is 36.4 Å². The smallest absolute Gasteiger partial charge is 0.221 e. The molecule has 1 aromatic carbocycles. The van der Waals surface area contributed by atoms with Gasteiger partial charge in [0, 0.05) is 6.92 Å². The van der Waals surface area contributed by atoms with Crippen LogP contribution in [0.25, 0.3) is 0 Å². The highest BCUT2D eigenvalue weighted by Gasteiger charge is 2.04. The molecule has 1 aromatic rings. The van der Waals surface area contributed by atoms with Crippen LogP contribution in [-0.2, 0) is 4.79 Å². The molecule has 0 aliphatic rings. The molecule has 2 N–H and O–H groups in total. The Bertz CT molecular complexity index is 440. The number of benzene rings is 1. The van der Waals surface area contributed by atoms with Crippen molar-refractivity contribution in [1.29, 1.82) is 0 Å². The van der Waals surface area contributed by atoms with E-state index in [9.17, 15) is 4.79 Å². The highest BCUT2D eigenvalue weighted by atomic mass is 32.1. The Labute approximate surface area is 101 Å². The zero-order valence-electron chi connectivity index (χ0n) is 9.33. The molecule has 0 bridgehead atoms. The average molecular weight is 234 g/mol. The van der Waals surface area contributed by atoms with Gasteiger partial charge < -0.3 is 10.6 Å². The Kier molecular flexibility index (Phi) is 4.19. The summed E-state index contributed by atoms with van der Waals surface area (Å²) in [5.74, 6) is -0.115. The van der Waals surface area contributed by atoms with Crippen molar-refractivity contribution in [3.63, 3.8) is 0 Å². The van der Waals surface area contributed by atoms with E-state index in [1.54, 1.807) is 0 Å². The Morgan fingerprint density at radius 2 is 1.69 bits per heavy atom. The van der Waals surface area contributed by atoms with E-state index in [-0.39, 0.29) is 5.91 Å². The van der Waals surface area contributed by atoms with Gasteiger partial charge in [-0.25, -0.2) is 0 Å². The number of para-hydroxylation sites is 2. The van der Waals surface area contributed by atoms with Crippen LogP contribution in [0.3, 0.4) is 0 Å². The second kappa shape index (κ2) is 5.42. The molecule has 3 nitrogen and oxygen atoms in total. The predicted molar refractivity (Wildman–Crippen MR) is 71.8 cm³/mol. The first-order valence-electron chi connectivity index (χ1n) is 4.84. The van der Waals surface area contributed by atoms with E-state index in [2.05, 4.69) is 17.2 Å². The maximum Gasteiger partial charge on any atom is 0.221 e. The summed E-state index contributed by atoms with van der Waals surface area (Å²) in [4.78, 5) is 11.6. The minimum atomic E-state index is -0.115. The van der Waals surface area contributed by atoms with Crippen LogP contribution >= 0.6 is 12.2 Å². The molecule has 4 heteroatoms. The number of anilines is 2. The molecule has 16 heavy (non-hydrogen) atoms. The van der Waals surface area contributed by atoms with Gasteiger partial charge in [-0.3, -0.25) is 4.79 Å². The number of carbonyl (C=O) groups is 1.